The van der Waals surface area contributed by atoms with Crippen molar-refractivity contribution in [1.29, 1.82) is 0 Å². The Morgan fingerprint density at radius 2 is 1.95 bits per heavy atom. The first-order valence-electron chi connectivity index (χ1n) is 12.3. The number of thiazole rings is 1. The number of benzene rings is 1. The maximum atomic E-state index is 13.1. The molecule has 2 heterocycles. The van der Waals surface area contributed by atoms with Gasteiger partial charge in [0.2, 0.25) is 10.0 Å². The van der Waals surface area contributed by atoms with E-state index >= 15 is 0 Å². The van der Waals surface area contributed by atoms with Crippen molar-refractivity contribution in [2.75, 3.05) is 11.9 Å². The Hall–Kier alpha value is -3.09. The van der Waals surface area contributed by atoms with Crippen molar-refractivity contribution in [3.05, 3.63) is 48.0 Å². The van der Waals surface area contributed by atoms with Crippen LogP contribution in [0.1, 0.15) is 57.4 Å². The lowest BCUT2D eigenvalue weighted by Crippen LogP contribution is -2.38. The van der Waals surface area contributed by atoms with Gasteiger partial charge in [0.15, 0.2) is 0 Å². The molecule has 0 spiro atoms. The van der Waals surface area contributed by atoms with Gasteiger partial charge in [-0.2, -0.15) is 0 Å². The van der Waals surface area contributed by atoms with Crippen LogP contribution in [-0.2, 0) is 14.8 Å². The van der Waals surface area contributed by atoms with E-state index in [4.69, 9.17) is 4.74 Å². The minimum absolute atomic E-state index is 0.0914. The molecule has 0 saturated heterocycles. The molecule has 10 nitrogen and oxygen atoms in total. The highest BCUT2D eigenvalue weighted by Crippen LogP contribution is 2.40. The zero-order valence-electron chi connectivity index (χ0n) is 21.1. The summed E-state index contributed by atoms with van der Waals surface area (Å²) in [6.07, 6.45) is 7.74. The second-order valence-corrected chi connectivity index (χ2v) is 11.9. The lowest BCUT2D eigenvalue weighted by atomic mass is 9.86. The standard InChI is InChI=1S/C25H32N6O4S2/c1-4-29-37(33,34)22-13-19(30-23-11-12-26-15-28-23)9-10-20(22)21-14-27-24(36-21)17-5-7-18(8-6-17)31-25(32)35-16(2)3/h9-18,29H,4-8H2,1-3H3,(H,31,32)(H,26,28,30)/t17-,18-. The number of nitrogens with zero attached hydrogens (tertiary/aromatic N) is 3. The number of hydrogen-bond acceptors (Lipinski definition) is 9. The SMILES string of the molecule is CCNS(=O)(=O)c1cc(Nc2ccncn2)ccc1-c1cnc([C@H]2CC[C@H](NC(=O)OC(C)C)CC2)s1. The molecule has 4 rings (SSSR count). The number of anilines is 2. The molecule has 0 unspecified atom stereocenters. The highest BCUT2D eigenvalue weighted by molar-refractivity contribution is 7.89. The Labute approximate surface area is 221 Å². The molecule has 2 aromatic heterocycles. The van der Waals surface area contributed by atoms with Crippen molar-refractivity contribution in [2.45, 2.75) is 69.4 Å². The van der Waals surface area contributed by atoms with Crippen LogP contribution in [0.15, 0.2) is 47.9 Å². The second kappa shape index (κ2) is 12.0. The van der Waals surface area contributed by atoms with E-state index in [1.807, 2.05) is 19.9 Å². The minimum Gasteiger partial charge on any atom is -0.447 e. The van der Waals surface area contributed by atoms with Crippen molar-refractivity contribution in [2.24, 2.45) is 0 Å². The fourth-order valence-corrected chi connectivity index (χ4v) is 6.78. The third kappa shape index (κ3) is 7.02. The monoisotopic (exact) mass is 544 g/mol. The normalized spacial score (nSPS) is 17.9. The van der Waals surface area contributed by atoms with Crippen LogP contribution in [0.3, 0.4) is 0 Å². The summed E-state index contributed by atoms with van der Waals surface area (Å²) in [6.45, 7) is 5.68. The number of ether oxygens (including phenoxy) is 1. The Morgan fingerprint density at radius 1 is 1.16 bits per heavy atom. The van der Waals surface area contributed by atoms with Gasteiger partial charge in [-0.3, -0.25) is 0 Å². The van der Waals surface area contributed by atoms with Crippen molar-refractivity contribution in [1.82, 2.24) is 25.0 Å². The molecule has 1 aliphatic carbocycles. The van der Waals surface area contributed by atoms with Crippen LogP contribution < -0.4 is 15.4 Å². The fourth-order valence-electron chi connectivity index (χ4n) is 4.31. The van der Waals surface area contributed by atoms with E-state index < -0.39 is 10.0 Å². The Morgan fingerprint density at radius 3 is 2.62 bits per heavy atom. The molecule has 0 bridgehead atoms. The van der Waals surface area contributed by atoms with E-state index in [2.05, 4.69) is 30.3 Å². The maximum Gasteiger partial charge on any atom is 0.407 e. The lowest BCUT2D eigenvalue weighted by Gasteiger charge is -2.28. The minimum atomic E-state index is -3.74. The molecule has 198 valence electrons. The van der Waals surface area contributed by atoms with Crippen LogP contribution in [0.5, 0.6) is 0 Å². The van der Waals surface area contributed by atoms with Crippen LogP contribution in [0.25, 0.3) is 10.4 Å². The van der Waals surface area contributed by atoms with E-state index in [0.29, 0.717) is 17.1 Å². The highest BCUT2D eigenvalue weighted by atomic mass is 32.2. The number of carbonyl (C=O) groups excluding carboxylic acids is 1. The summed E-state index contributed by atoms with van der Waals surface area (Å²) < 4.78 is 34.0. The van der Waals surface area contributed by atoms with E-state index in [-0.39, 0.29) is 35.6 Å². The molecule has 0 aliphatic heterocycles. The number of sulfonamides is 1. The van der Waals surface area contributed by atoms with Gasteiger partial charge in [0, 0.05) is 42.1 Å². The van der Waals surface area contributed by atoms with Crippen LogP contribution in [0.2, 0.25) is 0 Å². The van der Waals surface area contributed by atoms with Crippen molar-refractivity contribution in [3.63, 3.8) is 0 Å². The summed E-state index contributed by atoms with van der Waals surface area (Å²) in [5.41, 5.74) is 1.20. The summed E-state index contributed by atoms with van der Waals surface area (Å²) in [5, 5.41) is 7.05. The molecule has 12 heteroatoms. The van der Waals surface area contributed by atoms with Gasteiger partial charge in [-0.25, -0.2) is 32.9 Å². The smallest absolute Gasteiger partial charge is 0.407 e. The van der Waals surface area contributed by atoms with E-state index in [1.165, 1.54) is 17.7 Å². The number of rotatable bonds is 9. The molecule has 3 N–H and O–H groups in total. The zero-order valence-corrected chi connectivity index (χ0v) is 22.7. The molecular weight excluding hydrogens is 512 g/mol. The van der Waals surface area contributed by atoms with E-state index in [1.54, 1.807) is 37.5 Å². The predicted molar refractivity (Wildman–Crippen MR) is 143 cm³/mol. The van der Waals surface area contributed by atoms with Crippen LogP contribution in [-0.4, -0.2) is 48.2 Å². The number of aromatic nitrogens is 3. The van der Waals surface area contributed by atoms with Crippen molar-refractivity contribution >= 4 is 39.0 Å². The van der Waals surface area contributed by atoms with E-state index in [0.717, 1.165) is 35.6 Å². The molecule has 0 radical (unpaired) electrons. The van der Waals surface area contributed by atoms with Gasteiger partial charge in [0.1, 0.15) is 12.1 Å². The molecule has 0 atom stereocenters. The largest absolute Gasteiger partial charge is 0.447 e. The Kier molecular flexibility index (Phi) is 8.72. The quantitative estimate of drug-likeness (QED) is 0.350. The van der Waals surface area contributed by atoms with Crippen molar-refractivity contribution in [3.8, 4) is 10.4 Å². The van der Waals surface area contributed by atoms with Gasteiger partial charge in [-0.05, 0) is 57.7 Å². The number of carbonyl (C=O) groups is 1. The summed E-state index contributed by atoms with van der Waals surface area (Å²) >= 11 is 1.52. The van der Waals surface area contributed by atoms with Crippen molar-refractivity contribution < 1.29 is 17.9 Å². The van der Waals surface area contributed by atoms with Gasteiger partial charge in [-0.15, -0.1) is 11.3 Å². The Balaban J connectivity index is 1.52. The average Bonchev–Trinajstić information content (AvgIpc) is 3.35. The molecule has 37 heavy (non-hydrogen) atoms. The third-order valence-corrected chi connectivity index (χ3v) is 8.77. The molecule has 1 fully saturated rings. The number of alkyl carbamates (subject to hydrolysis) is 1. The molecule has 3 aromatic rings. The lowest BCUT2D eigenvalue weighted by molar-refractivity contribution is 0.109. The van der Waals surface area contributed by atoms with Gasteiger partial charge >= 0.3 is 6.09 Å². The van der Waals surface area contributed by atoms with Gasteiger partial charge in [-0.1, -0.05) is 13.0 Å². The molecule has 1 aliphatic rings. The first-order valence-corrected chi connectivity index (χ1v) is 14.6. The van der Waals surface area contributed by atoms with Crippen LogP contribution >= 0.6 is 11.3 Å². The summed E-state index contributed by atoms with van der Waals surface area (Å²) in [5.74, 6) is 0.836. The zero-order chi connectivity index (χ0) is 26.4. The number of hydrogen-bond donors (Lipinski definition) is 3. The van der Waals surface area contributed by atoms with Crippen LogP contribution in [0, 0.1) is 0 Å². The summed E-state index contributed by atoms with van der Waals surface area (Å²) in [7, 11) is -3.74. The highest BCUT2D eigenvalue weighted by Gasteiger charge is 2.27. The molecular formula is C25H32N6O4S2. The van der Waals surface area contributed by atoms with E-state index in [9.17, 15) is 13.2 Å². The Bertz CT molecular complexity index is 1310. The summed E-state index contributed by atoms with van der Waals surface area (Å²) in [4.78, 5) is 25.6. The van der Waals surface area contributed by atoms with Crippen LogP contribution in [0.4, 0.5) is 16.3 Å². The third-order valence-electron chi connectivity index (χ3n) is 5.99. The molecule has 1 aromatic carbocycles. The number of nitrogens with one attached hydrogen (secondary N) is 3. The topological polar surface area (TPSA) is 135 Å². The number of amides is 1. The van der Waals surface area contributed by atoms with Gasteiger partial charge in [0.25, 0.3) is 0 Å². The predicted octanol–water partition coefficient (Wildman–Crippen LogP) is 4.80. The van der Waals surface area contributed by atoms with Gasteiger partial charge in [0.05, 0.1) is 20.9 Å². The average molecular weight is 545 g/mol. The first kappa shape index (κ1) is 27.0. The molecule has 1 saturated carbocycles. The van der Waals surface area contributed by atoms with Gasteiger partial charge < -0.3 is 15.4 Å². The molecule has 1 amide bonds. The maximum absolute atomic E-state index is 13.1. The second-order valence-electron chi connectivity index (χ2n) is 9.14. The first-order chi connectivity index (χ1) is 17.7. The fraction of sp³-hybridized carbons (Fsp3) is 0.440. The summed E-state index contributed by atoms with van der Waals surface area (Å²) in [6, 6.07) is 7.04.